The molecule has 0 spiro atoms. The molecule has 3 nitrogen and oxygen atoms in total. The zero-order valence-corrected chi connectivity index (χ0v) is 9.82. The van der Waals surface area contributed by atoms with Crippen molar-refractivity contribution < 1.29 is 8.95 Å². The number of nitrogens with two attached hydrogens (primary N) is 1. The summed E-state index contributed by atoms with van der Waals surface area (Å²) < 4.78 is 16.6. The SMILES string of the molecule is COCCC(C)S(=O)CC(C)(C)N. The van der Waals surface area contributed by atoms with Crippen molar-refractivity contribution in [3.8, 4) is 0 Å². The number of methoxy groups -OCH3 is 1. The van der Waals surface area contributed by atoms with Gasteiger partial charge in [0.15, 0.2) is 0 Å². The average molecular weight is 207 g/mol. The van der Waals surface area contributed by atoms with Gasteiger partial charge in [-0.1, -0.05) is 6.92 Å². The summed E-state index contributed by atoms with van der Waals surface area (Å²) in [7, 11) is 0.815. The van der Waals surface area contributed by atoms with Crippen LogP contribution in [0.1, 0.15) is 27.2 Å². The van der Waals surface area contributed by atoms with E-state index in [1.54, 1.807) is 7.11 Å². The Labute approximate surface area is 83.5 Å². The Kier molecular flexibility index (Phi) is 5.76. The summed E-state index contributed by atoms with van der Waals surface area (Å²) in [6.45, 7) is 6.43. The van der Waals surface area contributed by atoms with Crippen LogP contribution in [0.25, 0.3) is 0 Å². The molecular formula is C9H21NO2S. The number of rotatable bonds is 6. The largest absolute Gasteiger partial charge is 0.385 e. The molecule has 0 aliphatic carbocycles. The van der Waals surface area contributed by atoms with Crippen molar-refractivity contribution in [1.29, 1.82) is 0 Å². The molecule has 0 saturated carbocycles. The van der Waals surface area contributed by atoms with E-state index in [4.69, 9.17) is 10.5 Å². The predicted octanol–water partition coefficient (Wildman–Crippen LogP) is 0.897. The van der Waals surface area contributed by atoms with Gasteiger partial charge in [0.2, 0.25) is 0 Å². The fraction of sp³-hybridized carbons (Fsp3) is 1.00. The van der Waals surface area contributed by atoms with Crippen LogP contribution >= 0.6 is 0 Å². The lowest BCUT2D eigenvalue weighted by Gasteiger charge is -2.20. The third-order valence-corrected chi connectivity index (χ3v) is 3.85. The standard InChI is InChI=1S/C9H21NO2S/c1-8(5-6-12-4)13(11)7-9(2,3)10/h8H,5-7,10H2,1-4H3. The van der Waals surface area contributed by atoms with Gasteiger partial charge in [-0.25, -0.2) is 0 Å². The van der Waals surface area contributed by atoms with E-state index >= 15 is 0 Å². The minimum atomic E-state index is -0.841. The Bertz CT molecular complexity index is 165. The van der Waals surface area contributed by atoms with Gasteiger partial charge >= 0.3 is 0 Å². The summed E-state index contributed by atoms with van der Waals surface area (Å²) >= 11 is 0. The lowest BCUT2D eigenvalue weighted by molar-refractivity contribution is 0.195. The number of hydrogen-bond donors (Lipinski definition) is 1. The Morgan fingerprint density at radius 2 is 2.08 bits per heavy atom. The summed E-state index contributed by atoms with van der Waals surface area (Å²) in [4.78, 5) is 0. The maximum Gasteiger partial charge on any atom is 0.0473 e. The molecule has 0 aromatic rings. The van der Waals surface area contributed by atoms with Crippen LogP contribution in [0.4, 0.5) is 0 Å². The van der Waals surface area contributed by atoms with Crippen molar-refractivity contribution in [2.45, 2.75) is 38.0 Å². The molecule has 4 heteroatoms. The monoisotopic (exact) mass is 207 g/mol. The van der Waals surface area contributed by atoms with E-state index in [-0.39, 0.29) is 10.8 Å². The van der Waals surface area contributed by atoms with Crippen LogP contribution in [-0.4, -0.2) is 34.5 Å². The topological polar surface area (TPSA) is 52.3 Å². The molecule has 0 bridgehead atoms. The highest BCUT2D eigenvalue weighted by Crippen LogP contribution is 2.07. The van der Waals surface area contributed by atoms with Crippen LogP contribution in [-0.2, 0) is 15.5 Å². The molecule has 0 saturated heterocycles. The van der Waals surface area contributed by atoms with Crippen LogP contribution < -0.4 is 5.73 Å². The van der Waals surface area contributed by atoms with Gasteiger partial charge in [-0.2, -0.15) is 0 Å². The Hall–Kier alpha value is 0.0700. The van der Waals surface area contributed by atoms with E-state index in [1.807, 2.05) is 20.8 Å². The molecule has 2 N–H and O–H groups in total. The van der Waals surface area contributed by atoms with Crippen LogP contribution in [0, 0.1) is 0 Å². The van der Waals surface area contributed by atoms with E-state index in [9.17, 15) is 4.21 Å². The summed E-state index contributed by atoms with van der Waals surface area (Å²) in [5, 5.41) is 0.169. The Morgan fingerprint density at radius 1 is 1.54 bits per heavy atom. The average Bonchev–Trinajstić information content (AvgIpc) is 1.96. The molecule has 0 heterocycles. The highest BCUT2D eigenvalue weighted by molar-refractivity contribution is 7.85. The zero-order valence-electron chi connectivity index (χ0n) is 9.00. The molecule has 0 fully saturated rings. The first-order valence-corrected chi connectivity index (χ1v) is 5.90. The Balaban J connectivity index is 3.83. The lowest BCUT2D eigenvalue weighted by atomic mass is 10.1. The summed E-state index contributed by atoms with van der Waals surface area (Å²) in [5.74, 6) is 0.553. The molecule has 0 radical (unpaired) electrons. The normalized spacial score (nSPS) is 17.0. The third kappa shape index (κ3) is 7.16. The van der Waals surface area contributed by atoms with Gasteiger partial charge in [0, 0.05) is 41.1 Å². The maximum atomic E-state index is 11.6. The van der Waals surface area contributed by atoms with E-state index in [0.29, 0.717) is 12.4 Å². The molecule has 0 aliphatic heterocycles. The van der Waals surface area contributed by atoms with Crippen molar-refractivity contribution in [1.82, 2.24) is 0 Å². The lowest BCUT2D eigenvalue weighted by Crippen LogP contribution is -2.40. The van der Waals surface area contributed by atoms with Crippen LogP contribution in [0.5, 0.6) is 0 Å². The van der Waals surface area contributed by atoms with Crippen molar-refractivity contribution >= 4 is 10.8 Å². The summed E-state index contributed by atoms with van der Waals surface area (Å²) in [6, 6.07) is 0. The maximum absolute atomic E-state index is 11.6. The van der Waals surface area contributed by atoms with Gasteiger partial charge in [0.1, 0.15) is 0 Å². The molecule has 0 amide bonds. The van der Waals surface area contributed by atoms with Gasteiger partial charge in [-0.05, 0) is 20.3 Å². The van der Waals surface area contributed by atoms with Crippen LogP contribution in [0.2, 0.25) is 0 Å². The number of ether oxygens (including phenoxy) is 1. The van der Waals surface area contributed by atoms with Gasteiger partial charge in [0.25, 0.3) is 0 Å². The highest BCUT2D eigenvalue weighted by Gasteiger charge is 2.19. The van der Waals surface area contributed by atoms with Gasteiger partial charge in [-0.3, -0.25) is 4.21 Å². The zero-order chi connectivity index (χ0) is 10.5. The molecule has 2 atom stereocenters. The predicted molar refractivity (Wildman–Crippen MR) is 57.2 cm³/mol. The molecule has 80 valence electrons. The molecule has 0 aromatic carbocycles. The first kappa shape index (κ1) is 13.1. The Morgan fingerprint density at radius 3 is 2.46 bits per heavy atom. The molecule has 0 rings (SSSR count). The fourth-order valence-electron chi connectivity index (χ4n) is 0.924. The first-order chi connectivity index (χ1) is 5.87. The highest BCUT2D eigenvalue weighted by atomic mass is 32.2. The van der Waals surface area contributed by atoms with Crippen molar-refractivity contribution in [3.63, 3.8) is 0 Å². The van der Waals surface area contributed by atoms with Crippen molar-refractivity contribution in [2.24, 2.45) is 5.73 Å². The molecular weight excluding hydrogens is 186 g/mol. The fourth-order valence-corrected chi connectivity index (χ4v) is 2.30. The second-order valence-electron chi connectivity index (χ2n) is 4.11. The van der Waals surface area contributed by atoms with Crippen molar-refractivity contribution in [3.05, 3.63) is 0 Å². The minimum Gasteiger partial charge on any atom is -0.385 e. The molecule has 0 aliphatic rings. The van der Waals surface area contributed by atoms with Gasteiger partial charge in [0.05, 0.1) is 0 Å². The second kappa shape index (κ2) is 5.73. The third-order valence-electron chi connectivity index (χ3n) is 1.69. The minimum absolute atomic E-state index is 0.169. The van der Waals surface area contributed by atoms with E-state index in [0.717, 1.165) is 6.42 Å². The number of hydrogen-bond acceptors (Lipinski definition) is 3. The van der Waals surface area contributed by atoms with Crippen LogP contribution in [0.15, 0.2) is 0 Å². The quantitative estimate of drug-likeness (QED) is 0.704. The smallest absolute Gasteiger partial charge is 0.0473 e. The van der Waals surface area contributed by atoms with Crippen molar-refractivity contribution in [2.75, 3.05) is 19.5 Å². The van der Waals surface area contributed by atoms with E-state index in [2.05, 4.69) is 0 Å². The molecule has 13 heavy (non-hydrogen) atoms. The second-order valence-corrected chi connectivity index (χ2v) is 5.96. The molecule has 2 unspecified atom stereocenters. The summed E-state index contributed by atoms with van der Waals surface area (Å²) in [6.07, 6.45) is 0.833. The van der Waals surface area contributed by atoms with E-state index < -0.39 is 10.8 Å². The summed E-state index contributed by atoms with van der Waals surface area (Å²) in [5.41, 5.74) is 5.44. The molecule has 0 aromatic heterocycles. The van der Waals surface area contributed by atoms with Gasteiger partial charge < -0.3 is 10.5 Å². The van der Waals surface area contributed by atoms with Gasteiger partial charge in [-0.15, -0.1) is 0 Å². The van der Waals surface area contributed by atoms with E-state index in [1.165, 1.54) is 0 Å². The van der Waals surface area contributed by atoms with Crippen LogP contribution in [0.3, 0.4) is 0 Å². The first-order valence-electron chi connectivity index (χ1n) is 4.52.